The Bertz CT molecular complexity index is 4.00. The highest BCUT2D eigenvalue weighted by molar-refractivity contribution is 15.0. The molecule has 4 heavy (non-hydrogen) atoms. The summed E-state index contributed by atoms with van der Waals surface area (Å²) in [5.41, 5.74) is 0. The van der Waals surface area contributed by atoms with Gasteiger partial charge in [0.05, 0.1) is 0 Å². The summed E-state index contributed by atoms with van der Waals surface area (Å²) in [5, 5.41) is 0. The molecule has 0 atom stereocenters. The Labute approximate surface area is 50.7 Å². The number of rotatable bonds is 0. The molecule has 0 N–H and O–H groups in total. The van der Waals surface area contributed by atoms with Crippen molar-refractivity contribution in [2.24, 2.45) is 0 Å². The predicted octanol–water partition coefficient (Wildman–Crippen LogP) is 2.80. The zero-order valence-electron chi connectivity index (χ0n) is 2.76. The summed E-state index contributed by atoms with van der Waals surface area (Å²) in [4.78, 5) is 0. The molecular formula is C2H6I2. The van der Waals surface area contributed by atoms with E-state index in [1.54, 1.807) is 0 Å². The van der Waals surface area contributed by atoms with Gasteiger partial charge in [-0.3, -0.25) is 0 Å². The molecule has 0 saturated carbocycles. The van der Waals surface area contributed by atoms with Gasteiger partial charge in [0.15, 0.2) is 0 Å². The van der Waals surface area contributed by atoms with Gasteiger partial charge in [0.2, 0.25) is 0 Å². The molecule has 0 saturated heterocycles. The fourth-order valence-corrected chi connectivity index (χ4v) is 0. The van der Waals surface area contributed by atoms with Gasteiger partial charge in [-0.2, -0.15) is 0 Å². The summed E-state index contributed by atoms with van der Waals surface area (Å²) < 4.78 is 0. The summed E-state index contributed by atoms with van der Waals surface area (Å²) in [5.74, 6) is 0. The van der Waals surface area contributed by atoms with Crippen molar-refractivity contribution in [3.63, 3.8) is 0 Å². The minimum atomic E-state index is 2.00. The predicted molar refractivity (Wildman–Crippen MR) is 39.4 cm³/mol. The van der Waals surface area contributed by atoms with E-state index in [4.69, 9.17) is 0 Å². The van der Waals surface area contributed by atoms with Crippen molar-refractivity contribution >= 4 is 37.2 Å². The van der Waals surface area contributed by atoms with Gasteiger partial charge in [0, 0.05) is 37.2 Å². The second kappa shape index (κ2) is 25.0. The highest BCUT2D eigenvalue weighted by atomic mass is 128. The van der Waals surface area contributed by atoms with E-state index >= 15 is 0 Å². The van der Waals surface area contributed by atoms with Crippen molar-refractivity contribution in [3.8, 4) is 0 Å². The molecule has 0 aromatic heterocycles. The van der Waals surface area contributed by atoms with Crippen LogP contribution in [0.4, 0.5) is 0 Å². The van der Waals surface area contributed by atoms with Gasteiger partial charge in [-0.1, -0.05) is 13.8 Å². The molecule has 0 unspecified atom stereocenters. The first-order valence-electron chi connectivity index (χ1n) is 1.14. The average molecular weight is 284 g/mol. The molecular weight excluding hydrogens is 278 g/mol. The van der Waals surface area contributed by atoms with Crippen LogP contribution in [0.15, 0.2) is 0 Å². The fraction of sp³-hybridized carbons (Fsp3) is 1.00. The van der Waals surface area contributed by atoms with Crippen LogP contribution in [0, 0.1) is 0 Å². The van der Waals surface area contributed by atoms with Crippen LogP contribution < -0.4 is 0 Å². The van der Waals surface area contributed by atoms with Crippen molar-refractivity contribution in [2.75, 3.05) is 0 Å². The molecule has 0 aliphatic carbocycles. The van der Waals surface area contributed by atoms with Crippen molar-refractivity contribution in [3.05, 3.63) is 0 Å². The van der Waals surface area contributed by atoms with E-state index in [9.17, 15) is 0 Å². The third kappa shape index (κ3) is 9.82. The molecule has 0 aromatic rings. The largest absolute Gasteiger partial charge is 0.0683 e. The molecule has 0 heterocycles. The topological polar surface area (TPSA) is 0 Å². The van der Waals surface area contributed by atoms with Crippen molar-refractivity contribution < 1.29 is 0 Å². The number of hydrogen-bond acceptors (Lipinski definition) is 0. The Balaban J connectivity index is 0. The molecule has 0 spiro atoms. The van der Waals surface area contributed by atoms with Gasteiger partial charge in [0.25, 0.3) is 0 Å². The maximum absolute atomic E-state index is 2.12. The summed E-state index contributed by atoms with van der Waals surface area (Å²) in [6.45, 7) is 4.00. The first-order valence-corrected chi connectivity index (χ1v) is 7.43. The van der Waals surface area contributed by atoms with Gasteiger partial charge in [-0.05, 0) is 0 Å². The Hall–Kier alpha value is 1.46. The van der Waals surface area contributed by atoms with Crippen LogP contribution in [0.25, 0.3) is 0 Å². The minimum absolute atomic E-state index is 2.00. The van der Waals surface area contributed by atoms with Crippen molar-refractivity contribution in [1.82, 2.24) is 0 Å². The van der Waals surface area contributed by atoms with Crippen LogP contribution in [0.3, 0.4) is 0 Å². The van der Waals surface area contributed by atoms with E-state index < -0.39 is 0 Å². The summed E-state index contributed by atoms with van der Waals surface area (Å²) in [6, 6.07) is 0. The van der Waals surface area contributed by atoms with E-state index in [2.05, 4.69) is 37.2 Å². The number of hydrogen-bond donors (Lipinski definition) is 0. The van der Waals surface area contributed by atoms with Gasteiger partial charge in [-0.15, -0.1) is 0 Å². The molecule has 0 amide bonds. The van der Waals surface area contributed by atoms with Crippen LogP contribution in [0.1, 0.15) is 13.8 Å². The van der Waals surface area contributed by atoms with E-state index in [0.29, 0.717) is 0 Å². The second-order valence-electron chi connectivity index (χ2n) is 0. The number of halogens is 2. The van der Waals surface area contributed by atoms with E-state index in [1.807, 2.05) is 13.8 Å². The molecule has 0 radical (unpaired) electrons. The molecule has 0 fully saturated rings. The summed E-state index contributed by atoms with van der Waals surface area (Å²) >= 11 is 4.24. The van der Waals surface area contributed by atoms with Gasteiger partial charge in [-0.25, -0.2) is 0 Å². The van der Waals surface area contributed by atoms with E-state index in [0.717, 1.165) is 0 Å². The monoisotopic (exact) mass is 284 g/mol. The SMILES string of the molecule is CC.II. The third-order valence-corrected chi connectivity index (χ3v) is 0. The second-order valence-corrected chi connectivity index (χ2v) is 0. The van der Waals surface area contributed by atoms with Crippen LogP contribution in [-0.4, -0.2) is 0 Å². The van der Waals surface area contributed by atoms with Gasteiger partial charge in [0.1, 0.15) is 0 Å². The average Bonchev–Trinajstić information content (AvgIpc) is 1.50. The summed E-state index contributed by atoms with van der Waals surface area (Å²) in [6.07, 6.45) is 0. The van der Waals surface area contributed by atoms with Crippen LogP contribution >= 0.6 is 37.2 Å². The molecule has 2 heteroatoms. The zero-order chi connectivity index (χ0) is 4.00. The highest BCUT2D eigenvalue weighted by Gasteiger charge is 1.00. The maximum Gasteiger partial charge on any atom is 0 e. The van der Waals surface area contributed by atoms with Crippen molar-refractivity contribution in [2.45, 2.75) is 13.8 Å². The first-order chi connectivity index (χ1) is 2.00. The van der Waals surface area contributed by atoms with Crippen molar-refractivity contribution in [1.29, 1.82) is 0 Å². The van der Waals surface area contributed by atoms with Gasteiger partial charge < -0.3 is 0 Å². The molecule has 0 aliphatic heterocycles. The molecule has 0 nitrogen and oxygen atoms in total. The van der Waals surface area contributed by atoms with Crippen LogP contribution in [0.5, 0.6) is 0 Å². The van der Waals surface area contributed by atoms with E-state index in [-0.39, 0.29) is 0 Å². The third-order valence-electron chi connectivity index (χ3n) is 0. The lowest BCUT2D eigenvalue weighted by atomic mass is 11.0. The first kappa shape index (κ1) is 9.07. The Morgan fingerprint density at radius 1 is 1.00 bits per heavy atom. The van der Waals surface area contributed by atoms with Gasteiger partial charge >= 0.3 is 0 Å². The fourth-order valence-electron chi connectivity index (χ4n) is 0. The van der Waals surface area contributed by atoms with Crippen LogP contribution in [0.2, 0.25) is 0 Å². The molecule has 28 valence electrons. The zero-order valence-corrected chi connectivity index (χ0v) is 7.07. The molecule has 0 aliphatic rings. The lowest BCUT2D eigenvalue weighted by Crippen LogP contribution is -0.856. The minimum Gasteiger partial charge on any atom is -0.0683 e. The van der Waals surface area contributed by atoms with E-state index in [1.165, 1.54) is 0 Å². The Morgan fingerprint density at radius 3 is 1.00 bits per heavy atom. The Kier molecular flexibility index (Phi) is 56.8. The quantitative estimate of drug-likeness (QED) is 0.600. The lowest BCUT2D eigenvalue weighted by molar-refractivity contribution is 1.50. The Morgan fingerprint density at radius 2 is 1.00 bits per heavy atom. The van der Waals surface area contributed by atoms with Crippen LogP contribution in [-0.2, 0) is 0 Å². The molecule has 0 rings (SSSR count). The molecule has 0 aromatic carbocycles. The standard InChI is InChI=1S/C2H6.I2/c2*1-2/h1-2H3;. The highest BCUT2D eigenvalue weighted by Crippen LogP contribution is 1.89. The normalized spacial score (nSPS) is 3.00. The smallest absolute Gasteiger partial charge is 0 e. The summed E-state index contributed by atoms with van der Waals surface area (Å²) in [7, 11) is 0. The maximum atomic E-state index is 2.12. The molecule has 0 bridgehead atoms. The lowest BCUT2D eigenvalue weighted by Gasteiger charge is -1.07.